The molecule has 0 unspecified atom stereocenters. The SMILES string of the molecule is COc1cc(/C=C2\CCCN3C2=NO[C@@]3(CO)c2cncc(F)c2)ccc1-n1cnc(C)c1. The third kappa shape index (κ3) is 3.64. The Bertz CT molecular complexity index is 1250. The number of rotatable bonds is 5. The summed E-state index contributed by atoms with van der Waals surface area (Å²) in [4.78, 5) is 15.8. The van der Waals surface area contributed by atoms with E-state index in [9.17, 15) is 9.50 Å². The lowest BCUT2D eigenvalue weighted by molar-refractivity contribution is -0.137. The average Bonchev–Trinajstić information content (AvgIpc) is 3.44. The van der Waals surface area contributed by atoms with Gasteiger partial charge in [-0.05, 0) is 55.2 Å². The van der Waals surface area contributed by atoms with Gasteiger partial charge in [0.25, 0.3) is 5.72 Å². The summed E-state index contributed by atoms with van der Waals surface area (Å²) in [5.41, 5.74) is 2.86. The molecule has 0 radical (unpaired) electrons. The highest BCUT2D eigenvalue weighted by Gasteiger charge is 2.49. The molecule has 1 aromatic carbocycles. The van der Waals surface area contributed by atoms with Gasteiger partial charge in [-0.2, -0.15) is 0 Å². The molecule has 0 amide bonds. The van der Waals surface area contributed by atoms with Crippen LogP contribution in [0.3, 0.4) is 0 Å². The molecule has 1 saturated heterocycles. The van der Waals surface area contributed by atoms with E-state index in [0.717, 1.165) is 47.3 Å². The molecule has 170 valence electrons. The fraction of sp³-hybridized carbons (Fsp3) is 0.292. The Labute approximate surface area is 190 Å². The number of amidine groups is 1. The molecule has 0 aliphatic carbocycles. The Balaban J connectivity index is 1.48. The normalized spacial score (nSPS) is 21.0. The predicted octanol–water partition coefficient (Wildman–Crippen LogP) is 3.39. The minimum Gasteiger partial charge on any atom is -0.495 e. The maximum Gasteiger partial charge on any atom is 0.261 e. The first-order chi connectivity index (χ1) is 16.0. The summed E-state index contributed by atoms with van der Waals surface area (Å²) in [7, 11) is 1.64. The fourth-order valence-electron chi connectivity index (χ4n) is 4.37. The van der Waals surface area contributed by atoms with E-state index in [0.29, 0.717) is 17.9 Å². The van der Waals surface area contributed by atoms with Crippen LogP contribution in [-0.4, -0.2) is 50.6 Å². The second kappa shape index (κ2) is 8.32. The summed E-state index contributed by atoms with van der Waals surface area (Å²) in [5, 5.41) is 14.5. The quantitative estimate of drug-likeness (QED) is 0.643. The Hall–Kier alpha value is -3.72. The smallest absolute Gasteiger partial charge is 0.261 e. The summed E-state index contributed by atoms with van der Waals surface area (Å²) in [6.45, 7) is 2.17. The van der Waals surface area contributed by atoms with Crippen LogP contribution in [0.5, 0.6) is 5.75 Å². The lowest BCUT2D eigenvalue weighted by atomic mass is 9.95. The number of aromatic nitrogens is 3. The van der Waals surface area contributed by atoms with Crippen molar-refractivity contribution in [1.29, 1.82) is 0 Å². The summed E-state index contributed by atoms with van der Waals surface area (Å²) in [5.74, 6) is 0.854. The van der Waals surface area contributed by atoms with Crippen molar-refractivity contribution in [2.24, 2.45) is 5.16 Å². The number of imidazole rings is 1. The highest BCUT2D eigenvalue weighted by atomic mass is 19.1. The highest BCUT2D eigenvalue weighted by Crippen LogP contribution is 2.40. The van der Waals surface area contributed by atoms with Crippen molar-refractivity contribution in [3.05, 3.63) is 77.4 Å². The van der Waals surface area contributed by atoms with E-state index in [1.807, 2.05) is 46.9 Å². The van der Waals surface area contributed by atoms with E-state index in [-0.39, 0.29) is 6.61 Å². The summed E-state index contributed by atoms with van der Waals surface area (Å²) in [6, 6.07) is 7.27. The van der Waals surface area contributed by atoms with Gasteiger partial charge in [0.15, 0.2) is 5.84 Å². The van der Waals surface area contributed by atoms with Crippen molar-refractivity contribution in [3.8, 4) is 11.4 Å². The van der Waals surface area contributed by atoms with Crippen LogP contribution in [-0.2, 0) is 10.6 Å². The van der Waals surface area contributed by atoms with Gasteiger partial charge in [-0.3, -0.25) is 4.98 Å². The van der Waals surface area contributed by atoms with Crippen molar-refractivity contribution in [1.82, 2.24) is 19.4 Å². The molecule has 2 aromatic heterocycles. The van der Waals surface area contributed by atoms with E-state index < -0.39 is 11.5 Å². The molecule has 33 heavy (non-hydrogen) atoms. The van der Waals surface area contributed by atoms with Gasteiger partial charge >= 0.3 is 0 Å². The number of oxime groups is 1. The highest BCUT2D eigenvalue weighted by molar-refractivity contribution is 6.03. The van der Waals surface area contributed by atoms with Crippen LogP contribution in [0, 0.1) is 12.7 Å². The molecule has 1 fully saturated rings. The summed E-state index contributed by atoms with van der Waals surface area (Å²) >= 11 is 0. The van der Waals surface area contributed by atoms with Crippen molar-refractivity contribution in [2.75, 3.05) is 20.3 Å². The second-order valence-electron chi connectivity index (χ2n) is 8.12. The van der Waals surface area contributed by atoms with Gasteiger partial charge in [0.05, 0.1) is 31.0 Å². The Morgan fingerprint density at radius 3 is 2.91 bits per heavy atom. The van der Waals surface area contributed by atoms with Crippen LogP contribution >= 0.6 is 0 Å². The molecule has 0 spiro atoms. The number of nitrogens with zero attached hydrogens (tertiary/aromatic N) is 5. The van der Waals surface area contributed by atoms with Gasteiger partial charge in [-0.25, -0.2) is 9.37 Å². The molecule has 9 heteroatoms. The standard InChI is InChI=1S/C24H24FN5O3/c1-16-13-29(15-27-16)21-6-5-17(9-22(21)32-2)8-18-4-3-7-30-23(18)28-33-24(30,14-31)19-10-20(25)12-26-11-19/h5-6,8-13,15,31H,3-4,7,14H2,1-2H3/b18-8+/t24-/m0/s1. The zero-order valence-electron chi connectivity index (χ0n) is 18.4. The van der Waals surface area contributed by atoms with E-state index >= 15 is 0 Å². The van der Waals surface area contributed by atoms with Crippen LogP contribution in [0.4, 0.5) is 4.39 Å². The minimum atomic E-state index is -1.29. The van der Waals surface area contributed by atoms with E-state index in [1.54, 1.807) is 13.4 Å². The van der Waals surface area contributed by atoms with Crippen LogP contribution in [0.15, 0.2) is 59.9 Å². The summed E-state index contributed by atoms with van der Waals surface area (Å²) < 4.78 is 21.4. The molecule has 8 nitrogen and oxygen atoms in total. The number of pyridine rings is 1. The third-order valence-corrected chi connectivity index (χ3v) is 5.99. The topological polar surface area (TPSA) is 85.0 Å². The number of hydrogen-bond acceptors (Lipinski definition) is 7. The largest absolute Gasteiger partial charge is 0.495 e. The van der Waals surface area contributed by atoms with E-state index in [1.165, 1.54) is 12.3 Å². The Morgan fingerprint density at radius 1 is 1.30 bits per heavy atom. The Kier molecular flexibility index (Phi) is 5.33. The first-order valence-corrected chi connectivity index (χ1v) is 10.7. The third-order valence-electron chi connectivity index (χ3n) is 5.99. The first-order valence-electron chi connectivity index (χ1n) is 10.7. The minimum absolute atomic E-state index is 0.384. The van der Waals surface area contributed by atoms with Gasteiger partial charge < -0.3 is 24.1 Å². The Morgan fingerprint density at radius 2 is 2.18 bits per heavy atom. The van der Waals surface area contributed by atoms with Crippen LogP contribution in [0.1, 0.15) is 29.7 Å². The fourth-order valence-corrected chi connectivity index (χ4v) is 4.37. The van der Waals surface area contributed by atoms with Gasteiger partial charge in [0.1, 0.15) is 18.2 Å². The predicted molar refractivity (Wildman–Crippen MR) is 120 cm³/mol. The van der Waals surface area contributed by atoms with Gasteiger partial charge in [0, 0.05) is 24.5 Å². The van der Waals surface area contributed by atoms with Crippen molar-refractivity contribution in [3.63, 3.8) is 0 Å². The van der Waals surface area contributed by atoms with Crippen LogP contribution in [0.25, 0.3) is 11.8 Å². The number of aliphatic hydroxyl groups excluding tert-OH is 1. The molecule has 2 aliphatic heterocycles. The second-order valence-corrected chi connectivity index (χ2v) is 8.12. The van der Waals surface area contributed by atoms with Crippen molar-refractivity contribution in [2.45, 2.75) is 25.5 Å². The molecule has 2 aliphatic rings. The van der Waals surface area contributed by atoms with E-state index in [4.69, 9.17) is 9.57 Å². The molecule has 4 heterocycles. The summed E-state index contributed by atoms with van der Waals surface area (Å²) in [6.07, 6.45) is 9.98. The number of halogens is 1. The molecular formula is C24H24FN5O3. The van der Waals surface area contributed by atoms with Crippen molar-refractivity contribution >= 4 is 11.9 Å². The molecule has 5 rings (SSSR count). The van der Waals surface area contributed by atoms with Gasteiger partial charge in [-0.15, -0.1) is 0 Å². The number of ether oxygens (including phenoxy) is 1. The number of aryl methyl sites for hydroxylation is 1. The molecule has 3 aromatic rings. The number of benzene rings is 1. The average molecular weight is 449 g/mol. The molecular weight excluding hydrogens is 425 g/mol. The van der Waals surface area contributed by atoms with Crippen LogP contribution < -0.4 is 4.74 Å². The number of piperidine rings is 1. The van der Waals surface area contributed by atoms with Gasteiger partial charge in [0.2, 0.25) is 0 Å². The molecule has 1 N–H and O–H groups in total. The first kappa shape index (κ1) is 21.1. The van der Waals surface area contributed by atoms with Crippen LogP contribution in [0.2, 0.25) is 0 Å². The lowest BCUT2D eigenvalue weighted by Crippen LogP contribution is -2.51. The lowest BCUT2D eigenvalue weighted by Gasteiger charge is -2.38. The van der Waals surface area contributed by atoms with E-state index in [2.05, 4.69) is 15.1 Å². The molecule has 0 bridgehead atoms. The molecule has 1 atom stereocenters. The molecule has 0 saturated carbocycles. The van der Waals surface area contributed by atoms with Crippen molar-refractivity contribution < 1.29 is 19.1 Å². The maximum atomic E-state index is 13.9. The number of aliphatic hydroxyl groups is 1. The number of fused-ring (bicyclic) bond motifs is 1. The number of hydrogen-bond donors (Lipinski definition) is 1. The zero-order chi connectivity index (χ0) is 23.0. The monoisotopic (exact) mass is 449 g/mol. The zero-order valence-corrected chi connectivity index (χ0v) is 18.4. The van der Waals surface area contributed by atoms with Gasteiger partial charge in [-0.1, -0.05) is 11.2 Å². The maximum absolute atomic E-state index is 13.9. The number of methoxy groups -OCH3 is 1.